The van der Waals surface area contributed by atoms with Gasteiger partial charge in [0.15, 0.2) is 17.6 Å². The Hall–Kier alpha value is -4.50. The number of amides is 2. The smallest absolute Gasteiger partial charge is 0.271 e. The molecule has 1 saturated heterocycles. The number of nitrogens with one attached hydrogen (secondary N) is 3. The summed E-state index contributed by atoms with van der Waals surface area (Å²) < 4.78 is 5.89. The summed E-state index contributed by atoms with van der Waals surface area (Å²) in [6.45, 7) is 6.17. The summed E-state index contributed by atoms with van der Waals surface area (Å²) in [6, 6.07) is 2.29. The quantitative estimate of drug-likeness (QED) is 0.193. The molecule has 1 aromatic heterocycles. The van der Waals surface area contributed by atoms with Crippen LogP contribution in [0.2, 0.25) is 0 Å². The Morgan fingerprint density at radius 1 is 1.19 bits per heavy atom. The molecule has 0 saturated carbocycles. The zero-order valence-corrected chi connectivity index (χ0v) is 23.5. The zero-order valence-electron chi connectivity index (χ0n) is 23.5. The number of aliphatic imine (C=N–C) groups is 2. The minimum absolute atomic E-state index is 0.0374. The molecule has 2 aromatic rings. The van der Waals surface area contributed by atoms with Crippen molar-refractivity contribution in [2.75, 3.05) is 19.7 Å². The highest BCUT2D eigenvalue weighted by molar-refractivity contribution is 5.98. The van der Waals surface area contributed by atoms with E-state index in [-0.39, 0.29) is 41.7 Å². The van der Waals surface area contributed by atoms with Crippen LogP contribution in [0.25, 0.3) is 0 Å². The van der Waals surface area contributed by atoms with Crippen molar-refractivity contribution in [2.45, 2.75) is 62.2 Å². The molecule has 6 rings (SSSR count). The number of rotatable bonds is 5. The second-order valence-corrected chi connectivity index (χ2v) is 11.7. The number of aliphatic hydroxyl groups is 2. The monoisotopic (exact) mass is 578 g/mol. The van der Waals surface area contributed by atoms with Crippen molar-refractivity contribution >= 4 is 23.7 Å². The number of hydrogen-bond donors (Lipinski definition) is 7. The second-order valence-electron chi connectivity index (χ2n) is 11.7. The Labute approximate surface area is 241 Å². The van der Waals surface area contributed by atoms with Crippen LogP contribution in [0, 0.1) is 6.92 Å². The highest BCUT2D eigenvalue weighted by atomic mass is 16.5. The molecule has 15 heteroatoms. The van der Waals surface area contributed by atoms with Crippen LogP contribution in [0.15, 0.2) is 40.6 Å². The summed E-state index contributed by atoms with van der Waals surface area (Å²) in [6.07, 6.45) is 3.67. The van der Waals surface area contributed by atoms with Gasteiger partial charge in [0.1, 0.15) is 23.5 Å². The number of hydrogen-bond acceptors (Lipinski definition) is 13. The number of carbonyl (C=O) groups excluding carboxylic acids is 2. The zero-order chi connectivity index (χ0) is 30.0. The van der Waals surface area contributed by atoms with Crippen molar-refractivity contribution in [3.63, 3.8) is 0 Å². The Morgan fingerprint density at radius 2 is 1.98 bits per heavy atom. The maximum absolute atomic E-state index is 13.6. The fourth-order valence-corrected chi connectivity index (χ4v) is 6.30. The van der Waals surface area contributed by atoms with Crippen molar-refractivity contribution < 1.29 is 24.5 Å². The SMILES string of the molecule is Cc1cncc(C(=O)NC[C@@H]2N=C(N)N3C[C@H](NC(=O)c4cccc5c4OCCC5(C)C)C(O)(O)[C@@]34NC(N)=N[C@@H]24)n1. The van der Waals surface area contributed by atoms with E-state index in [0.717, 1.165) is 12.0 Å². The average molecular weight is 579 g/mol. The van der Waals surface area contributed by atoms with Crippen LogP contribution < -0.4 is 32.2 Å². The van der Waals surface area contributed by atoms with Crippen LogP contribution in [0.3, 0.4) is 0 Å². The predicted molar refractivity (Wildman–Crippen MR) is 150 cm³/mol. The van der Waals surface area contributed by atoms with Gasteiger partial charge in [-0.25, -0.2) is 15.0 Å². The highest BCUT2D eigenvalue weighted by Crippen LogP contribution is 2.45. The molecule has 2 amide bonds. The van der Waals surface area contributed by atoms with Gasteiger partial charge in [0.2, 0.25) is 5.79 Å². The van der Waals surface area contributed by atoms with Gasteiger partial charge in [0, 0.05) is 24.8 Å². The van der Waals surface area contributed by atoms with Gasteiger partial charge < -0.3 is 47.3 Å². The molecule has 0 radical (unpaired) electrons. The highest BCUT2D eigenvalue weighted by Gasteiger charge is 2.73. The summed E-state index contributed by atoms with van der Waals surface area (Å²) >= 11 is 0. The standard InChI is InChI=1S/C27H34N10O5/c1-13-9-30-10-17(32-13)22(39)31-11-16-20-26(36-23(28)35-20)27(40,41)18(12-37(26)24(29)33-16)34-21(38)14-5-4-6-15-19(14)42-8-7-25(15,2)3/h4-6,9-10,16,18,20,40-41H,7-8,11-12H2,1-3H3,(H2,29,33)(H,31,39)(H,34,38)(H3,28,35,36)/t16-,18-,20-,26-/m0/s1. The van der Waals surface area contributed by atoms with E-state index in [1.54, 1.807) is 19.1 Å². The van der Waals surface area contributed by atoms with Gasteiger partial charge in [-0.15, -0.1) is 0 Å². The summed E-state index contributed by atoms with van der Waals surface area (Å²) in [5, 5.41) is 31.9. The van der Waals surface area contributed by atoms with E-state index < -0.39 is 41.4 Å². The number of nitrogens with zero attached hydrogens (tertiary/aromatic N) is 5. The Balaban J connectivity index is 1.26. The van der Waals surface area contributed by atoms with Crippen molar-refractivity contribution in [2.24, 2.45) is 21.5 Å². The minimum atomic E-state index is -2.63. The molecule has 0 bridgehead atoms. The molecule has 4 atom stereocenters. The maximum atomic E-state index is 13.6. The van der Waals surface area contributed by atoms with E-state index in [1.807, 2.05) is 6.07 Å². The maximum Gasteiger partial charge on any atom is 0.271 e. The second kappa shape index (κ2) is 9.52. The Bertz CT molecular complexity index is 1520. The fourth-order valence-electron chi connectivity index (χ4n) is 6.30. The number of nitrogens with two attached hydrogens (primary N) is 2. The summed E-state index contributed by atoms with van der Waals surface area (Å²) in [4.78, 5) is 44.8. The third-order valence-corrected chi connectivity index (χ3v) is 8.53. The van der Waals surface area contributed by atoms with Crippen LogP contribution in [0.5, 0.6) is 5.75 Å². The molecule has 222 valence electrons. The van der Waals surface area contributed by atoms with Crippen LogP contribution in [-0.4, -0.2) is 98.1 Å². The number of fused-ring (bicyclic) bond motifs is 1. The van der Waals surface area contributed by atoms with Crippen molar-refractivity contribution in [3.8, 4) is 5.75 Å². The van der Waals surface area contributed by atoms with Crippen molar-refractivity contribution in [1.29, 1.82) is 0 Å². The molecule has 5 heterocycles. The Kier molecular flexibility index (Phi) is 6.27. The van der Waals surface area contributed by atoms with E-state index >= 15 is 0 Å². The average Bonchev–Trinajstić information content (AvgIpc) is 3.40. The molecule has 1 spiro atoms. The first-order chi connectivity index (χ1) is 19.8. The first kappa shape index (κ1) is 27.7. The fraction of sp³-hybridized carbons (Fsp3) is 0.481. The largest absolute Gasteiger partial charge is 0.492 e. The third-order valence-electron chi connectivity index (χ3n) is 8.53. The molecule has 0 unspecified atom stereocenters. The number of benzene rings is 1. The van der Waals surface area contributed by atoms with Crippen molar-refractivity contribution in [1.82, 2.24) is 30.8 Å². The van der Waals surface area contributed by atoms with E-state index in [1.165, 1.54) is 17.3 Å². The number of ether oxygens (including phenoxy) is 1. The molecule has 4 aliphatic rings. The van der Waals surface area contributed by atoms with E-state index in [0.29, 0.717) is 18.1 Å². The summed E-state index contributed by atoms with van der Waals surface area (Å²) in [7, 11) is 0. The lowest BCUT2D eigenvalue weighted by molar-refractivity contribution is -0.230. The molecule has 15 nitrogen and oxygen atoms in total. The lowest BCUT2D eigenvalue weighted by Gasteiger charge is -2.49. The summed E-state index contributed by atoms with van der Waals surface area (Å²) in [5.41, 5.74) is 12.3. The third kappa shape index (κ3) is 4.10. The molecule has 1 fully saturated rings. The topological polar surface area (TPSA) is 226 Å². The first-order valence-corrected chi connectivity index (χ1v) is 13.7. The van der Waals surface area contributed by atoms with Crippen LogP contribution in [0.4, 0.5) is 0 Å². The number of carbonyl (C=O) groups is 2. The van der Waals surface area contributed by atoms with Crippen LogP contribution >= 0.6 is 0 Å². The van der Waals surface area contributed by atoms with Crippen molar-refractivity contribution in [3.05, 3.63) is 53.1 Å². The number of para-hydroxylation sites is 1. The van der Waals surface area contributed by atoms with E-state index in [2.05, 4.69) is 49.8 Å². The first-order valence-electron chi connectivity index (χ1n) is 13.7. The number of aryl methyl sites for hydroxylation is 1. The molecule has 4 aliphatic heterocycles. The lowest BCUT2D eigenvalue weighted by Crippen LogP contribution is -2.78. The van der Waals surface area contributed by atoms with Gasteiger partial charge in [-0.3, -0.25) is 14.6 Å². The Morgan fingerprint density at radius 3 is 2.74 bits per heavy atom. The molecular formula is C27H34N10O5. The number of aromatic nitrogens is 2. The molecule has 1 aromatic carbocycles. The van der Waals surface area contributed by atoms with Gasteiger partial charge in [-0.1, -0.05) is 26.0 Å². The molecular weight excluding hydrogens is 544 g/mol. The predicted octanol–water partition coefficient (Wildman–Crippen LogP) is -1.95. The van der Waals surface area contributed by atoms with Gasteiger partial charge >= 0.3 is 0 Å². The van der Waals surface area contributed by atoms with E-state index in [4.69, 9.17) is 16.2 Å². The molecule has 0 aliphatic carbocycles. The minimum Gasteiger partial charge on any atom is -0.492 e. The normalized spacial score (nSPS) is 28.2. The van der Waals surface area contributed by atoms with Gasteiger partial charge in [0.05, 0.1) is 30.1 Å². The van der Waals surface area contributed by atoms with E-state index in [9.17, 15) is 19.8 Å². The molecule has 42 heavy (non-hydrogen) atoms. The number of guanidine groups is 2. The van der Waals surface area contributed by atoms with Gasteiger partial charge in [0.25, 0.3) is 11.8 Å². The van der Waals surface area contributed by atoms with Crippen LogP contribution in [0.1, 0.15) is 52.4 Å². The summed E-state index contributed by atoms with van der Waals surface area (Å²) in [5.74, 6) is -3.29. The molecule has 9 N–H and O–H groups in total. The van der Waals surface area contributed by atoms with Crippen LogP contribution in [-0.2, 0) is 5.41 Å². The lowest BCUT2D eigenvalue weighted by atomic mass is 9.79. The van der Waals surface area contributed by atoms with Gasteiger partial charge in [-0.05, 0) is 24.8 Å². The van der Waals surface area contributed by atoms with Gasteiger partial charge in [-0.2, -0.15) is 0 Å².